The molecule has 0 saturated heterocycles. The van der Waals surface area contributed by atoms with Gasteiger partial charge in [-0.1, -0.05) is 0 Å². The van der Waals surface area contributed by atoms with Crippen LogP contribution in [0.25, 0.3) is 0 Å². The lowest BCUT2D eigenvalue weighted by atomic mass is 10.1. The van der Waals surface area contributed by atoms with Crippen LogP contribution >= 0.6 is 23.5 Å². The molecular formula is C11H10F6S2. The maximum atomic E-state index is 12.6. The van der Waals surface area contributed by atoms with Crippen molar-refractivity contribution < 1.29 is 26.3 Å². The van der Waals surface area contributed by atoms with Crippen molar-refractivity contribution in [3.05, 3.63) is 29.3 Å². The second-order valence-corrected chi connectivity index (χ2v) is 6.55. The zero-order valence-corrected chi connectivity index (χ0v) is 11.5. The van der Waals surface area contributed by atoms with E-state index in [-0.39, 0.29) is 15.5 Å². The lowest BCUT2D eigenvalue weighted by Gasteiger charge is -2.15. The van der Waals surface area contributed by atoms with Gasteiger partial charge in [0, 0.05) is 4.90 Å². The van der Waals surface area contributed by atoms with Crippen molar-refractivity contribution >= 4 is 23.5 Å². The van der Waals surface area contributed by atoms with E-state index in [0.717, 1.165) is 23.9 Å². The Hall–Kier alpha value is -0.500. The Kier molecular flexibility index (Phi) is 5.11. The van der Waals surface area contributed by atoms with Crippen LogP contribution in [0, 0.1) is 0 Å². The Balaban J connectivity index is 3.25. The van der Waals surface area contributed by atoms with Gasteiger partial charge in [0.2, 0.25) is 0 Å². The summed E-state index contributed by atoms with van der Waals surface area (Å²) in [5.41, 5.74) is -2.56. The minimum atomic E-state index is -4.79. The summed E-state index contributed by atoms with van der Waals surface area (Å²) in [4.78, 5) is -0.0380. The molecule has 0 bridgehead atoms. The van der Waals surface area contributed by atoms with Gasteiger partial charge < -0.3 is 0 Å². The fraction of sp³-hybridized carbons (Fsp3) is 0.455. The Morgan fingerprint density at radius 1 is 0.895 bits per heavy atom. The molecule has 0 aliphatic carbocycles. The lowest BCUT2D eigenvalue weighted by Crippen LogP contribution is -2.11. The van der Waals surface area contributed by atoms with Gasteiger partial charge in [-0.3, -0.25) is 0 Å². The molecule has 1 aromatic rings. The topological polar surface area (TPSA) is 0 Å². The fourth-order valence-electron chi connectivity index (χ4n) is 1.23. The Morgan fingerprint density at radius 3 is 1.63 bits per heavy atom. The van der Waals surface area contributed by atoms with E-state index in [1.54, 1.807) is 13.2 Å². The SMILES string of the molecule is CSC(C)Sc1cc(C(F)(F)F)cc(C(F)(F)F)c1. The van der Waals surface area contributed by atoms with Gasteiger partial charge in [-0.05, 0) is 31.4 Å². The molecule has 0 N–H and O–H groups in total. The van der Waals surface area contributed by atoms with Crippen LogP contribution in [-0.2, 0) is 12.4 Å². The van der Waals surface area contributed by atoms with E-state index in [1.807, 2.05) is 0 Å². The highest BCUT2D eigenvalue weighted by molar-refractivity contribution is 8.16. The lowest BCUT2D eigenvalue weighted by molar-refractivity contribution is -0.143. The van der Waals surface area contributed by atoms with E-state index < -0.39 is 23.5 Å². The summed E-state index contributed by atoms with van der Waals surface area (Å²) in [6, 6.07) is 1.62. The van der Waals surface area contributed by atoms with Crippen molar-refractivity contribution in [3.63, 3.8) is 0 Å². The van der Waals surface area contributed by atoms with Crippen LogP contribution in [0.15, 0.2) is 23.1 Å². The summed E-state index contributed by atoms with van der Waals surface area (Å²) in [6.07, 6.45) is -7.85. The Labute approximate surface area is 114 Å². The molecule has 0 aliphatic rings. The first-order valence-corrected chi connectivity index (χ1v) is 7.19. The predicted octanol–water partition coefficient (Wildman–Crippen LogP) is 5.53. The smallest absolute Gasteiger partial charge is 0.166 e. The molecule has 0 aliphatic heterocycles. The molecule has 19 heavy (non-hydrogen) atoms. The standard InChI is InChI=1S/C11H10F6S2/c1-6(18-2)19-9-4-7(10(12,13)14)3-8(5-9)11(15,16)17/h3-6H,1-2H3. The first kappa shape index (κ1) is 16.6. The number of halogens is 6. The fourth-order valence-corrected chi connectivity index (χ4v) is 2.73. The molecular weight excluding hydrogens is 310 g/mol. The van der Waals surface area contributed by atoms with Crippen LogP contribution in [0.2, 0.25) is 0 Å². The minimum Gasteiger partial charge on any atom is -0.166 e. The molecule has 1 rings (SSSR count). The third-order valence-electron chi connectivity index (χ3n) is 2.20. The van der Waals surface area contributed by atoms with Crippen molar-refractivity contribution in [1.29, 1.82) is 0 Å². The molecule has 0 nitrogen and oxygen atoms in total. The normalized spacial score (nSPS) is 14.5. The molecule has 0 radical (unpaired) electrons. The molecule has 108 valence electrons. The van der Waals surface area contributed by atoms with Crippen LogP contribution in [-0.4, -0.2) is 10.8 Å². The van der Waals surface area contributed by atoms with Crippen LogP contribution in [0.1, 0.15) is 18.1 Å². The minimum absolute atomic E-state index is 0.0380. The average Bonchev–Trinajstić information content (AvgIpc) is 2.26. The first-order chi connectivity index (χ1) is 8.54. The summed E-state index contributed by atoms with van der Waals surface area (Å²) in [7, 11) is 0. The van der Waals surface area contributed by atoms with Crippen LogP contribution < -0.4 is 0 Å². The monoisotopic (exact) mass is 320 g/mol. The van der Waals surface area contributed by atoms with Crippen molar-refractivity contribution in [2.75, 3.05) is 6.26 Å². The van der Waals surface area contributed by atoms with Gasteiger partial charge in [0.25, 0.3) is 0 Å². The first-order valence-electron chi connectivity index (χ1n) is 5.03. The van der Waals surface area contributed by atoms with E-state index in [0.29, 0.717) is 0 Å². The molecule has 0 fully saturated rings. The number of hydrogen-bond acceptors (Lipinski definition) is 2. The average molecular weight is 320 g/mol. The summed E-state index contributed by atoms with van der Waals surface area (Å²) >= 11 is 2.31. The van der Waals surface area contributed by atoms with Crippen molar-refractivity contribution in [2.24, 2.45) is 0 Å². The molecule has 8 heteroatoms. The van der Waals surface area contributed by atoms with Gasteiger partial charge in [0.1, 0.15) is 0 Å². The van der Waals surface area contributed by atoms with Gasteiger partial charge in [-0.2, -0.15) is 38.1 Å². The summed E-state index contributed by atoms with van der Waals surface area (Å²) in [6.45, 7) is 1.71. The van der Waals surface area contributed by atoms with Crippen molar-refractivity contribution in [1.82, 2.24) is 0 Å². The zero-order valence-electron chi connectivity index (χ0n) is 9.89. The maximum Gasteiger partial charge on any atom is 0.416 e. The molecule has 1 aromatic carbocycles. The summed E-state index contributed by atoms with van der Waals surface area (Å²) in [5, 5.41) is 0. The van der Waals surface area contributed by atoms with Crippen LogP contribution in [0.5, 0.6) is 0 Å². The van der Waals surface area contributed by atoms with E-state index in [4.69, 9.17) is 0 Å². The van der Waals surface area contributed by atoms with Gasteiger partial charge in [-0.15, -0.1) is 11.8 Å². The largest absolute Gasteiger partial charge is 0.416 e. The maximum absolute atomic E-state index is 12.6. The van der Waals surface area contributed by atoms with E-state index >= 15 is 0 Å². The molecule has 1 unspecified atom stereocenters. The second-order valence-electron chi connectivity index (χ2n) is 3.66. The third kappa shape index (κ3) is 4.83. The molecule has 1 atom stereocenters. The van der Waals surface area contributed by atoms with Crippen molar-refractivity contribution in [3.8, 4) is 0 Å². The van der Waals surface area contributed by atoms with Gasteiger partial charge in [-0.25, -0.2) is 0 Å². The Morgan fingerprint density at radius 2 is 1.32 bits per heavy atom. The van der Waals surface area contributed by atoms with Gasteiger partial charge in [0.05, 0.1) is 15.7 Å². The zero-order chi connectivity index (χ0) is 14.8. The van der Waals surface area contributed by atoms with Crippen molar-refractivity contribution in [2.45, 2.75) is 28.8 Å². The number of alkyl halides is 6. The number of rotatable bonds is 3. The molecule has 0 saturated carbocycles. The number of benzene rings is 1. The highest BCUT2D eigenvalue weighted by Crippen LogP contribution is 2.40. The van der Waals surface area contributed by atoms with E-state index in [1.165, 1.54) is 11.8 Å². The van der Waals surface area contributed by atoms with E-state index in [2.05, 4.69) is 0 Å². The Bertz CT molecular complexity index is 406. The van der Waals surface area contributed by atoms with E-state index in [9.17, 15) is 26.3 Å². The summed E-state index contributed by atoms with van der Waals surface area (Å²) in [5.74, 6) is 0. The molecule has 0 heterocycles. The van der Waals surface area contributed by atoms with Crippen LogP contribution in [0.3, 0.4) is 0 Å². The highest BCUT2D eigenvalue weighted by Gasteiger charge is 2.37. The van der Waals surface area contributed by atoms with Crippen LogP contribution in [0.4, 0.5) is 26.3 Å². The summed E-state index contributed by atoms with van der Waals surface area (Å²) < 4.78 is 75.3. The number of thioether (sulfide) groups is 2. The highest BCUT2D eigenvalue weighted by atomic mass is 32.2. The van der Waals surface area contributed by atoms with Gasteiger partial charge >= 0.3 is 12.4 Å². The molecule has 0 amide bonds. The predicted molar refractivity (Wildman–Crippen MR) is 65.3 cm³/mol. The molecule has 0 spiro atoms. The second kappa shape index (κ2) is 5.87. The van der Waals surface area contributed by atoms with Gasteiger partial charge in [0.15, 0.2) is 0 Å². The number of hydrogen-bond donors (Lipinski definition) is 0. The molecule has 0 aromatic heterocycles. The quantitative estimate of drug-likeness (QED) is 0.408. The third-order valence-corrected chi connectivity index (χ3v) is 4.56.